The standard InChI is InChI=1S/C27H27ClN4O2S/c1-17-6-7-21(26(33)29-13-10-19-16-30-22-5-3-2-4-20(19)22)25(31-17)18-11-14-32(15-12-18)27(34)23-8-9-24(28)35-23/h2-9,16,18,30H,10-15H2,1H3,(H,29,33). The van der Waals surface area contributed by atoms with Gasteiger partial charge in [-0.2, -0.15) is 0 Å². The molecule has 0 atom stereocenters. The van der Waals surface area contributed by atoms with Gasteiger partial charge in [0.1, 0.15) is 0 Å². The zero-order valence-corrected chi connectivity index (χ0v) is 21.1. The number of nitrogens with zero attached hydrogens (tertiary/aromatic N) is 2. The summed E-state index contributed by atoms with van der Waals surface area (Å²) in [5.41, 5.74) is 4.64. The number of fused-ring (bicyclic) bond motifs is 1. The van der Waals surface area contributed by atoms with Crippen molar-refractivity contribution in [3.05, 3.63) is 86.5 Å². The van der Waals surface area contributed by atoms with Crippen LogP contribution in [-0.4, -0.2) is 46.3 Å². The van der Waals surface area contributed by atoms with Gasteiger partial charge in [-0.1, -0.05) is 29.8 Å². The molecular weight excluding hydrogens is 480 g/mol. The van der Waals surface area contributed by atoms with E-state index < -0.39 is 0 Å². The third-order valence-corrected chi connectivity index (χ3v) is 7.84. The van der Waals surface area contributed by atoms with Crippen LogP contribution in [0.4, 0.5) is 0 Å². The number of carbonyl (C=O) groups is 2. The minimum atomic E-state index is -0.0981. The molecule has 3 aromatic heterocycles. The average molecular weight is 507 g/mol. The number of piperidine rings is 1. The fourth-order valence-electron chi connectivity index (χ4n) is 4.77. The molecule has 0 saturated carbocycles. The summed E-state index contributed by atoms with van der Waals surface area (Å²) >= 11 is 7.31. The Hall–Kier alpha value is -3.16. The number of carbonyl (C=O) groups excluding carboxylic acids is 2. The van der Waals surface area contributed by atoms with Crippen molar-refractivity contribution >= 4 is 45.7 Å². The molecule has 5 rings (SSSR count). The van der Waals surface area contributed by atoms with Gasteiger partial charge in [-0.05, 0) is 62.1 Å². The lowest BCUT2D eigenvalue weighted by atomic mass is 9.89. The molecule has 4 aromatic rings. The summed E-state index contributed by atoms with van der Waals surface area (Å²) in [5.74, 6) is 0.0621. The molecule has 1 aliphatic rings. The van der Waals surface area contributed by atoms with Gasteiger partial charge >= 0.3 is 0 Å². The van der Waals surface area contributed by atoms with Crippen molar-refractivity contribution < 1.29 is 9.59 Å². The first-order valence-corrected chi connectivity index (χ1v) is 13.0. The molecule has 1 aliphatic heterocycles. The van der Waals surface area contributed by atoms with E-state index >= 15 is 0 Å². The Morgan fingerprint density at radius 3 is 2.71 bits per heavy atom. The Bertz CT molecular complexity index is 1370. The molecule has 2 N–H and O–H groups in total. The SMILES string of the molecule is Cc1ccc(C(=O)NCCc2c[nH]c3ccccc23)c(C2CCN(C(=O)c3ccc(Cl)s3)CC2)n1. The molecular formula is C27H27ClN4O2S. The van der Waals surface area contributed by atoms with Crippen LogP contribution in [-0.2, 0) is 6.42 Å². The topological polar surface area (TPSA) is 78.1 Å². The molecule has 6 nitrogen and oxygen atoms in total. The largest absolute Gasteiger partial charge is 0.361 e. The number of hydrogen-bond acceptors (Lipinski definition) is 4. The first kappa shape index (κ1) is 23.6. The number of aromatic amines is 1. The monoisotopic (exact) mass is 506 g/mol. The predicted molar refractivity (Wildman–Crippen MR) is 141 cm³/mol. The number of aryl methyl sites for hydroxylation is 1. The molecule has 0 bridgehead atoms. The van der Waals surface area contributed by atoms with Crippen LogP contribution in [0.2, 0.25) is 4.34 Å². The lowest BCUT2D eigenvalue weighted by molar-refractivity contribution is 0.0715. The molecule has 0 radical (unpaired) electrons. The first-order chi connectivity index (χ1) is 17.0. The Morgan fingerprint density at radius 1 is 1.14 bits per heavy atom. The number of H-pyrrole nitrogens is 1. The summed E-state index contributed by atoms with van der Waals surface area (Å²) in [7, 11) is 0. The Morgan fingerprint density at radius 2 is 1.94 bits per heavy atom. The number of amides is 2. The van der Waals surface area contributed by atoms with E-state index in [-0.39, 0.29) is 17.7 Å². The van der Waals surface area contributed by atoms with Crippen molar-refractivity contribution in [3.63, 3.8) is 0 Å². The van der Waals surface area contributed by atoms with Crippen LogP contribution >= 0.6 is 22.9 Å². The third kappa shape index (κ3) is 5.11. The Kier molecular flexibility index (Phi) is 6.88. The fraction of sp³-hybridized carbons (Fsp3) is 0.296. The molecule has 8 heteroatoms. The number of nitrogens with one attached hydrogen (secondary N) is 2. The molecule has 0 spiro atoms. The summed E-state index contributed by atoms with van der Waals surface area (Å²) in [6, 6.07) is 15.5. The van der Waals surface area contributed by atoms with Crippen LogP contribution in [0.15, 0.2) is 54.7 Å². The lowest BCUT2D eigenvalue weighted by Gasteiger charge is -2.32. The van der Waals surface area contributed by atoms with Crippen LogP contribution in [0.25, 0.3) is 10.9 Å². The number of hydrogen-bond donors (Lipinski definition) is 2. The molecule has 1 fully saturated rings. The van der Waals surface area contributed by atoms with Gasteiger partial charge in [0.05, 0.1) is 20.5 Å². The van der Waals surface area contributed by atoms with Crippen molar-refractivity contribution in [2.75, 3.05) is 19.6 Å². The molecule has 180 valence electrons. The third-order valence-electron chi connectivity index (χ3n) is 6.62. The maximum atomic E-state index is 13.1. The van der Waals surface area contributed by atoms with Gasteiger partial charge in [-0.3, -0.25) is 14.6 Å². The van der Waals surface area contributed by atoms with Crippen LogP contribution in [0, 0.1) is 6.92 Å². The van der Waals surface area contributed by atoms with Gasteiger partial charge in [0.2, 0.25) is 0 Å². The fourth-order valence-corrected chi connectivity index (χ4v) is 5.78. The summed E-state index contributed by atoms with van der Waals surface area (Å²) < 4.78 is 0.618. The molecule has 1 saturated heterocycles. The van der Waals surface area contributed by atoms with Crippen molar-refractivity contribution in [1.29, 1.82) is 0 Å². The Labute approximate surface area is 213 Å². The number of likely N-dealkylation sites (tertiary alicyclic amines) is 1. The van der Waals surface area contributed by atoms with Crippen molar-refractivity contribution in [1.82, 2.24) is 20.2 Å². The van der Waals surface area contributed by atoms with Crippen molar-refractivity contribution in [2.45, 2.75) is 32.1 Å². The zero-order chi connectivity index (χ0) is 24.4. The summed E-state index contributed by atoms with van der Waals surface area (Å²) in [6.45, 7) is 3.76. The van der Waals surface area contributed by atoms with Gasteiger partial charge in [-0.15, -0.1) is 11.3 Å². The lowest BCUT2D eigenvalue weighted by Crippen LogP contribution is -2.38. The molecule has 2 amide bonds. The number of halogens is 1. The first-order valence-electron chi connectivity index (χ1n) is 11.8. The quantitative estimate of drug-likeness (QED) is 0.358. The van der Waals surface area contributed by atoms with E-state index in [4.69, 9.17) is 16.6 Å². The number of para-hydroxylation sites is 1. The van der Waals surface area contributed by atoms with E-state index in [1.54, 1.807) is 12.1 Å². The zero-order valence-electron chi connectivity index (χ0n) is 19.5. The van der Waals surface area contributed by atoms with Crippen molar-refractivity contribution in [3.8, 4) is 0 Å². The van der Waals surface area contributed by atoms with Gasteiger partial charge in [0, 0.05) is 48.3 Å². The number of benzene rings is 1. The smallest absolute Gasteiger partial charge is 0.263 e. The van der Waals surface area contributed by atoms with Crippen LogP contribution in [0.3, 0.4) is 0 Å². The second-order valence-corrected chi connectivity index (χ2v) is 10.6. The van der Waals surface area contributed by atoms with Crippen LogP contribution in [0.1, 0.15) is 55.7 Å². The number of aromatic nitrogens is 2. The second kappa shape index (κ2) is 10.2. The molecule has 0 aliphatic carbocycles. The predicted octanol–water partition coefficient (Wildman–Crippen LogP) is 5.58. The number of rotatable bonds is 6. The van der Waals surface area contributed by atoms with E-state index in [2.05, 4.69) is 22.4 Å². The molecule has 35 heavy (non-hydrogen) atoms. The van der Waals surface area contributed by atoms with Gasteiger partial charge in [0.25, 0.3) is 11.8 Å². The van der Waals surface area contributed by atoms with E-state index in [0.29, 0.717) is 34.4 Å². The maximum absolute atomic E-state index is 13.1. The van der Waals surface area contributed by atoms with E-state index in [9.17, 15) is 9.59 Å². The van der Waals surface area contributed by atoms with E-state index in [1.165, 1.54) is 22.3 Å². The highest BCUT2D eigenvalue weighted by Crippen LogP contribution is 2.31. The summed E-state index contributed by atoms with van der Waals surface area (Å²) in [6.07, 6.45) is 4.31. The number of thiophene rings is 1. The van der Waals surface area contributed by atoms with Gasteiger partial charge < -0.3 is 15.2 Å². The minimum absolute atomic E-state index is 0.0211. The molecule has 4 heterocycles. The normalized spacial score (nSPS) is 14.4. The van der Waals surface area contributed by atoms with Crippen LogP contribution in [0.5, 0.6) is 0 Å². The second-order valence-electron chi connectivity index (χ2n) is 8.92. The highest BCUT2D eigenvalue weighted by molar-refractivity contribution is 7.17. The van der Waals surface area contributed by atoms with Gasteiger partial charge in [0.15, 0.2) is 0 Å². The maximum Gasteiger partial charge on any atom is 0.263 e. The highest BCUT2D eigenvalue weighted by Gasteiger charge is 2.28. The van der Waals surface area contributed by atoms with Gasteiger partial charge in [-0.25, -0.2) is 0 Å². The molecule has 1 aromatic carbocycles. The number of pyridine rings is 1. The minimum Gasteiger partial charge on any atom is -0.361 e. The van der Waals surface area contributed by atoms with E-state index in [1.807, 2.05) is 42.3 Å². The average Bonchev–Trinajstić information content (AvgIpc) is 3.50. The van der Waals surface area contributed by atoms with E-state index in [0.717, 1.165) is 36.2 Å². The summed E-state index contributed by atoms with van der Waals surface area (Å²) in [5, 5.41) is 4.27. The molecule has 0 unspecified atom stereocenters. The highest BCUT2D eigenvalue weighted by atomic mass is 35.5. The van der Waals surface area contributed by atoms with Crippen molar-refractivity contribution in [2.24, 2.45) is 0 Å². The summed E-state index contributed by atoms with van der Waals surface area (Å²) in [4.78, 5) is 36.5. The Balaban J connectivity index is 1.23. The van der Waals surface area contributed by atoms with Crippen LogP contribution < -0.4 is 5.32 Å².